The van der Waals surface area contributed by atoms with Gasteiger partial charge in [0.15, 0.2) is 0 Å². The Morgan fingerprint density at radius 1 is 1.47 bits per heavy atom. The van der Waals surface area contributed by atoms with Crippen molar-refractivity contribution in [3.63, 3.8) is 0 Å². The molecule has 0 aromatic carbocycles. The SMILES string of the molecule is Cn1ncc(-c2ccccn2)c1CCC(=O)O. The fraction of sp³-hybridized carbons (Fsp3) is 0.250. The highest BCUT2D eigenvalue weighted by atomic mass is 16.4. The Balaban J connectivity index is 2.32. The number of carbonyl (C=O) groups is 1. The molecule has 2 aromatic rings. The molecule has 0 atom stereocenters. The summed E-state index contributed by atoms with van der Waals surface area (Å²) in [6.45, 7) is 0. The summed E-state index contributed by atoms with van der Waals surface area (Å²) in [4.78, 5) is 14.9. The highest BCUT2D eigenvalue weighted by molar-refractivity contribution is 5.68. The molecule has 5 heteroatoms. The van der Waals surface area contributed by atoms with E-state index in [1.807, 2.05) is 25.2 Å². The van der Waals surface area contributed by atoms with Gasteiger partial charge in [-0.25, -0.2) is 0 Å². The van der Waals surface area contributed by atoms with E-state index in [1.54, 1.807) is 17.1 Å². The van der Waals surface area contributed by atoms with Crippen LogP contribution in [0.5, 0.6) is 0 Å². The van der Waals surface area contributed by atoms with Crippen LogP contribution < -0.4 is 0 Å². The van der Waals surface area contributed by atoms with Gasteiger partial charge < -0.3 is 5.11 Å². The van der Waals surface area contributed by atoms with Crippen LogP contribution in [0.2, 0.25) is 0 Å². The first kappa shape index (κ1) is 11.3. The fourth-order valence-electron chi connectivity index (χ4n) is 1.72. The van der Waals surface area contributed by atoms with Crippen LogP contribution in [-0.4, -0.2) is 25.8 Å². The van der Waals surface area contributed by atoms with Gasteiger partial charge in [-0.1, -0.05) is 6.07 Å². The van der Waals surface area contributed by atoms with Crippen molar-refractivity contribution in [2.24, 2.45) is 7.05 Å². The number of aliphatic carboxylic acids is 1. The summed E-state index contributed by atoms with van der Waals surface area (Å²) in [7, 11) is 1.81. The molecular weight excluding hydrogens is 218 g/mol. The summed E-state index contributed by atoms with van der Waals surface area (Å²) >= 11 is 0. The number of carboxylic acid groups (broad SMARTS) is 1. The molecule has 0 unspecified atom stereocenters. The molecule has 0 saturated heterocycles. The highest BCUT2D eigenvalue weighted by Crippen LogP contribution is 2.21. The first-order valence-electron chi connectivity index (χ1n) is 5.32. The third kappa shape index (κ3) is 2.50. The van der Waals surface area contributed by atoms with Gasteiger partial charge in [0.05, 0.1) is 18.3 Å². The Bertz CT molecular complexity index is 520. The van der Waals surface area contributed by atoms with Gasteiger partial charge in [-0.3, -0.25) is 14.5 Å². The minimum absolute atomic E-state index is 0.0966. The van der Waals surface area contributed by atoms with Gasteiger partial charge in [0, 0.05) is 30.9 Å². The number of carboxylic acids is 1. The van der Waals surface area contributed by atoms with E-state index in [2.05, 4.69) is 10.1 Å². The van der Waals surface area contributed by atoms with Gasteiger partial charge in [-0.15, -0.1) is 0 Å². The van der Waals surface area contributed by atoms with E-state index in [0.717, 1.165) is 17.0 Å². The molecule has 0 aliphatic carbocycles. The molecule has 2 aromatic heterocycles. The second-order valence-electron chi connectivity index (χ2n) is 3.74. The van der Waals surface area contributed by atoms with E-state index in [9.17, 15) is 4.79 Å². The average Bonchev–Trinajstić information content (AvgIpc) is 2.69. The largest absolute Gasteiger partial charge is 0.481 e. The normalized spacial score (nSPS) is 10.4. The van der Waals surface area contributed by atoms with Crippen LogP contribution in [0.1, 0.15) is 12.1 Å². The topological polar surface area (TPSA) is 68.0 Å². The van der Waals surface area contributed by atoms with Gasteiger partial charge in [0.25, 0.3) is 0 Å². The third-order valence-electron chi connectivity index (χ3n) is 2.58. The number of aromatic nitrogens is 3. The summed E-state index contributed by atoms with van der Waals surface area (Å²) in [5.74, 6) is -0.807. The molecule has 88 valence electrons. The van der Waals surface area contributed by atoms with Crippen molar-refractivity contribution >= 4 is 5.97 Å². The zero-order chi connectivity index (χ0) is 12.3. The molecule has 0 radical (unpaired) electrons. The molecule has 0 amide bonds. The predicted octanol–water partition coefficient (Wildman–Crippen LogP) is 1.50. The van der Waals surface area contributed by atoms with Gasteiger partial charge in [-0.05, 0) is 12.1 Å². The van der Waals surface area contributed by atoms with E-state index in [-0.39, 0.29) is 6.42 Å². The maximum Gasteiger partial charge on any atom is 0.303 e. The predicted molar refractivity (Wildman–Crippen MR) is 62.4 cm³/mol. The smallest absolute Gasteiger partial charge is 0.303 e. The Labute approximate surface area is 98.7 Å². The van der Waals surface area contributed by atoms with Gasteiger partial charge >= 0.3 is 5.97 Å². The molecule has 5 nitrogen and oxygen atoms in total. The fourth-order valence-corrected chi connectivity index (χ4v) is 1.72. The molecule has 2 rings (SSSR count). The number of aryl methyl sites for hydroxylation is 1. The lowest BCUT2D eigenvalue weighted by atomic mass is 10.1. The molecule has 1 N–H and O–H groups in total. The van der Waals surface area contributed by atoms with Crippen LogP contribution in [0.15, 0.2) is 30.6 Å². The zero-order valence-electron chi connectivity index (χ0n) is 9.50. The summed E-state index contributed by atoms with van der Waals surface area (Å²) in [5, 5.41) is 12.9. The Hall–Kier alpha value is -2.17. The van der Waals surface area contributed by atoms with Crippen LogP contribution in [0, 0.1) is 0 Å². The van der Waals surface area contributed by atoms with E-state index in [4.69, 9.17) is 5.11 Å². The summed E-state index contributed by atoms with van der Waals surface area (Å²) in [5.41, 5.74) is 2.61. The second-order valence-corrected chi connectivity index (χ2v) is 3.74. The Kier molecular flexibility index (Phi) is 3.18. The van der Waals surface area contributed by atoms with E-state index in [0.29, 0.717) is 6.42 Å². The molecule has 0 fully saturated rings. The first-order valence-corrected chi connectivity index (χ1v) is 5.32. The van der Waals surface area contributed by atoms with Gasteiger partial charge in [0.2, 0.25) is 0 Å². The monoisotopic (exact) mass is 231 g/mol. The van der Waals surface area contributed by atoms with E-state index in [1.165, 1.54) is 0 Å². The number of nitrogens with zero attached hydrogens (tertiary/aromatic N) is 3. The molecule has 0 aliphatic rings. The molecule has 0 bridgehead atoms. The Morgan fingerprint density at radius 2 is 2.29 bits per heavy atom. The van der Waals surface area contributed by atoms with Crippen LogP contribution >= 0.6 is 0 Å². The van der Waals surface area contributed by atoms with Crippen molar-refractivity contribution in [3.8, 4) is 11.3 Å². The standard InChI is InChI=1S/C12H13N3O2/c1-15-11(5-6-12(16)17)9(8-14-15)10-4-2-3-7-13-10/h2-4,7-8H,5-6H2,1H3,(H,16,17). The molecule has 2 heterocycles. The average molecular weight is 231 g/mol. The minimum atomic E-state index is -0.807. The summed E-state index contributed by atoms with van der Waals surface area (Å²) < 4.78 is 1.70. The number of hydrogen-bond acceptors (Lipinski definition) is 3. The Morgan fingerprint density at radius 3 is 2.94 bits per heavy atom. The van der Waals surface area contributed by atoms with Crippen molar-refractivity contribution in [2.75, 3.05) is 0 Å². The van der Waals surface area contributed by atoms with Crippen molar-refractivity contribution in [2.45, 2.75) is 12.8 Å². The van der Waals surface area contributed by atoms with Gasteiger partial charge in [-0.2, -0.15) is 5.10 Å². The summed E-state index contributed by atoms with van der Waals surface area (Å²) in [6.07, 6.45) is 3.99. The lowest BCUT2D eigenvalue weighted by molar-refractivity contribution is -0.136. The van der Waals surface area contributed by atoms with E-state index >= 15 is 0 Å². The first-order chi connectivity index (χ1) is 8.18. The minimum Gasteiger partial charge on any atom is -0.481 e. The van der Waals surface area contributed by atoms with Gasteiger partial charge in [0.1, 0.15) is 0 Å². The highest BCUT2D eigenvalue weighted by Gasteiger charge is 2.12. The second kappa shape index (κ2) is 4.78. The third-order valence-corrected chi connectivity index (χ3v) is 2.58. The van der Waals surface area contributed by atoms with Crippen LogP contribution in [0.3, 0.4) is 0 Å². The van der Waals surface area contributed by atoms with Crippen molar-refractivity contribution in [3.05, 3.63) is 36.3 Å². The quantitative estimate of drug-likeness (QED) is 0.865. The molecular formula is C12H13N3O2. The van der Waals surface area contributed by atoms with Crippen LogP contribution in [0.4, 0.5) is 0 Å². The van der Waals surface area contributed by atoms with Crippen LogP contribution in [0.25, 0.3) is 11.3 Å². The number of rotatable bonds is 4. The molecule has 0 spiro atoms. The molecule has 0 aliphatic heterocycles. The summed E-state index contributed by atoms with van der Waals surface area (Å²) in [6, 6.07) is 5.63. The maximum absolute atomic E-state index is 10.6. The lowest BCUT2D eigenvalue weighted by Crippen LogP contribution is -2.04. The van der Waals surface area contributed by atoms with Crippen molar-refractivity contribution < 1.29 is 9.90 Å². The van der Waals surface area contributed by atoms with E-state index < -0.39 is 5.97 Å². The number of hydrogen-bond donors (Lipinski definition) is 1. The number of pyridine rings is 1. The molecule has 0 saturated carbocycles. The molecule has 17 heavy (non-hydrogen) atoms. The lowest BCUT2D eigenvalue weighted by Gasteiger charge is -2.04. The zero-order valence-corrected chi connectivity index (χ0v) is 9.50. The van der Waals surface area contributed by atoms with Crippen molar-refractivity contribution in [1.29, 1.82) is 0 Å². The van der Waals surface area contributed by atoms with Crippen molar-refractivity contribution in [1.82, 2.24) is 14.8 Å². The maximum atomic E-state index is 10.6. The van der Waals surface area contributed by atoms with Crippen LogP contribution in [-0.2, 0) is 18.3 Å².